The molecule has 0 aromatic carbocycles. The second kappa shape index (κ2) is 7.70. The number of halogens is 1. The van der Waals surface area contributed by atoms with Crippen LogP contribution in [-0.4, -0.2) is 77.3 Å². The summed E-state index contributed by atoms with van der Waals surface area (Å²) in [5.74, 6) is -0.274. The van der Waals surface area contributed by atoms with E-state index >= 15 is 0 Å². The average molecular weight is 362 g/mol. The molecule has 2 amide bonds. The molecule has 1 atom stereocenters. The fourth-order valence-electron chi connectivity index (χ4n) is 4.11. The van der Waals surface area contributed by atoms with Crippen molar-refractivity contribution < 1.29 is 14.0 Å². The van der Waals surface area contributed by atoms with Crippen LogP contribution in [0.15, 0.2) is 18.3 Å². The first-order chi connectivity index (χ1) is 12.4. The van der Waals surface area contributed by atoms with Gasteiger partial charge >= 0.3 is 0 Å². The third-order valence-corrected chi connectivity index (χ3v) is 5.59. The Balaban J connectivity index is 1.66. The zero-order chi connectivity index (χ0) is 18.7. The van der Waals surface area contributed by atoms with Crippen molar-refractivity contribution in [3.05, 3.63) is 29.8 Å². The van der Waals surface area contributed by atoms with Gasteiger partial charge in [0.1, 0.15) is 5.82 Å². The molecule has 3 rings (SSSR count). The summed E-state index contributed by atoms with van der Waals surface area (Å²) in [5.41, 5.74) is 0.498. The molecule has 2 fully saturated rings. The number of piperidine rings is 1. The molecule has 0 bridgehead atoms. The highest BCUT2D eigenvalue weighted by molar-refractivity contribution is 5.79. The van der Waals surface area contributed by atoms with E-state index in [0.29, 0.717) is 18.8 Å². The SMILES string of the molecule is CN(C)C(=O)CN1CCCC12CCCN(C(=O)Cc1ccc(F)cn1)C2. The van der Waals surface area contributed by atoms with Crippen LogP contribution in [0, 0.1) is 5.82 Å². The first-order valence-corrected chi connectivity index (χ1v) is 9.23. The Hall–Kier alpha value is -2.02. The molecule has 1 aromatic heterocycles. The van der Waals surface area contributed by atoms with Gasteiger partial charge < -0.3 is 9.80 Å². The quantitative estimate of drug-likeness (QED) is 0.810. The van der Waals surface area contributed by atoms with Crippen molar-refractivity contribution in [1.82, 2.24) is 19.7 Å². The van der Waals surface area contributed by atoms with E-state index in [1.54, 1.807) is 25.1 Å². The zero-order valence-corrected chi connectivity index (χ0v) is 15.6. The predicted octanol–water partition coefficient (Wildman–Crippen LogP) is 1.31. The van der Waals surface area contributed by atoms with Crippen molar-refractivity contribution in [3.63, 3.8) is 0 Å². The smallest absolute Gasteiger partial charge is 0.236 e. The summed E-state index contributed by atoms with van der Waals surface area (Å²) >= 11 is 0. The lowest BCUT2D eigenvalue weighted by Gasteiger charge is -2.46. The minimum atomic E-state index is -0.398. The van der Waals surface area contributed by atoms with Crippen LogP contribution in [0.25, 0.3) is 0 Å². The highest BCUT2D eigenvalue weighted by atomic mass is 19.1. The molecule has 26 heavy (non-hydrogen) atoms. The van der Waals surface area contributed by atoms with Gasteiger partial charge in [-0.3, -0.25) is 19.5 Å². The third kappa shape index (κ3) is 4.03. The Morgan fingerprint density at radius 2 is 1.96 bits per heavy atom. The molecule has 7 heteroatoms. The van der Waals surface area contributed by atoms with Crippen LogP contribution < -0.4 is 0 Å². The molecule has 1 aromatic rings. The van der Waals surface area contributed by atoms with Gasteiger partial charge in [0.15, 0.2) is 0 Å². The molecule has 1 unspecified atom stereocenters. The molecular formula is C19H27FN4O2. The van der Waals surface area contributed by atoms with Gasteiger partial charge in [0.25, 0.3) is 0 Å². The maximum atomic E-state index is 13.0. The normalized spacial score (nSPS) is 23.4. The number of carbonyl (C=O) groups excluding carboxylic acids is 2. The molecule has 1 spiro atoms. The van der Waals surface area contributed by atoms with E-state index in [9.17, 15) is 14.0 Å². The minimum Gasteiger partial charge on any atom is -0.348 e. The molecule has 3 heterocycles. The maximum absolute atomic E-state index is 13.0. The van der Waals surface area contributed by atoms with E-state index in [0.717, 1.165) is 45.0 Å². The summed E-state index contributed by atoms with van der Waals surface area (Å²) in [6.45, 7) is 2.71. The molecule has 0 radical (unpaired) electrons. The van der Waals surface area contributed by atoms with Crippen molar-refractivity contribution in [2.75, 3.05) is 40.3 Å². The lowest BCUT2D eigenvalue weighted by molar-refractivity contribution is -0.136. The van der Waals surface area contributed by atoms with Gasteiger partial charge in [0.05, 0.1) is 19.2 Å². The molecule has 0 N–H and O–H groups in total. The molecule has 142 valence electrons. The van der Waals surface area contributed by atoms with Gasteiger partial charge in [-0.25, -0.2) is 4.39 Å². The van der Waals surface area contributed by atoms with Gasteiger partial charge in [-0.15, -0.1) is 0 Å². The summed E-state index contributed by atoms with van der Waals surface area (Å²) in [6.07, 6.45) is 5.37. The average Bonchev–Trinajstić information content (AvgIpc) is 2.98. The van der Waals surface area contributed by atoms with Crippen LogP contribution in [0.1, 0.15) is 31.4 Å². The summed E-state index contributed by atoms with van der Waals surface area (Å²) in [5, 5.41) is 0. The van der Waals surface area contributed by atoms with Crippen molar-refractivity contribution >= 4 is 11.8 Å². The molecule has 2 aliphatic heterocycles. The molecule has 2 saturated heterocycles. The van der Waals surface area contributed by atoms with Gasteiger partial charge in [-0.2, -0.15) is 0 Å². The number of amides is 2. The number of rotatable bonds is 4. The highest BCUT2D eigenvalue weighted by Crippen LogP contribution is 2.37. The van der Waals surface area contributed by atoms with Crippen molar-refractivity contribution in [3.8, 4) is 0 Å². The van der Waals surface area contributed by atoms with Crippen molar-refractivity contribution in [2.45, 2.75) is 37.6 Å². The Morgan fingerprint density at radius 3 is 2.62 bits per heavy atom. The fraction of sp³-hybridized carbons (Fsp3) is 0.632. The first kappa shape index (κ1) is 18.8. The number of pyridine rings is 1. The largest absolute Gasteiger partial charge is 0.348 e. The van der Waals surface area contributed by atoms with Gasteiger partial charge in [-0.1, -0.05) is 0 Å². The summed E-state index contributed by atoms with van der Waals surface area (Å²) in [6, 6.07) is 2.89. The van der Waals surface area contributed by atoms with E-state index in [-0.39, 0.29) is 23.8 Å². The maximum Gasteiger partial charge on any atom is 0.236 e. The lowest BCUT2D eigenvalue weighted by Crippen LogP contribution is -2.58. The third-order valence-electron chi connectivity index (χ3n) is 5.59. The number of nitrogens with zero attached hydrogens (tertiary/aromatic N) is 4. The van der Waals surface area contributed by atoms with Crippen LogP contribution in [0.5, 0.6) is 0 Å². The zero-order valence-electron chi connectivity index (χ0n) is 15.6. The van der Waals surface area contributed by atoms with Crippen LogP contribution in [-0.2, 0) is 16.0 Å². The monoisotopic (exact) mass is 362 g/mol. The summed E-state index contributed by atoms with van der Waals surface area (Å²) < 4.78 is 13.0. The second-order valence-corrected chi connectivity index (χ2v) is 7.60. The van der Waals surface area contributed by atoms with E-state index in [2.05, 4.69) is 9.88 Å². The summed E-state index contributed by atoms with van der Waals surface area (Å²) in [7, 11) is 3.55. The topological polar surface area (TPSA) is 56.8 Å². The van der Waals surface area contributed by atoms with E-state index in [4.69, 9.17) is 0 Å². The Bertz CT molecular complexity index is 664. The van der Waals surface area contributed by atoms with Gasteiger partial charge in [0, 0.05) is 38.4 Å². The van der Waals surface area contributed by atoms with E-state index in [1.165, 1.54) is 6.07 Å². The predicted molar refractivity (Wildman–Crippen MR) is 95.9 cm³/mol. The Kier molecular flexibility index (Phi) is 5.55. The van der Waals surface area contributed by atoms with E-state index < -0.39 is 5.82 Å². The number of hydrogen-bond acceptors (Lipinski definition) is 4. The Labute approximate surface area is 154 Å². The Morgan fingerprint density at radius 1 is 1.23 bits per heavy atom. The number of hydrogen-bond donors (Lipinski definition) is 0. The van der Waals surface area contributed by atoms with Crippen molar-refractivity contribution in [2.24, 2.45) is 0 Å². The number of aromatic nitrogens is 1. The van der Waals surface area contributed by atoms with Crippen LogP contribution in [0.2, 0.25) is 0 Å². The molecule has 2 aliphatic rings. The highest BCUT2D eigenvalue weighted by Gasteiger charge is 2.45. The molecule has 0 saturated carbocycles. The van der Waals surface area contributed by atoms with Gasteiger partial charge in [-0.05, 0) is 44.4 Å². The van der Waals surface area contributed by atoms with Crippen LogP contribution in [0.3, 0.4) is 0 Å². The number of likely N-dealkylation sites (tertiary alicyclic amines) is 2. The van der Waals surface area contributed by atoms with Crippen LogP contribution >= 0.6 is 0 Å². The second-order valence-electron chi connectivity index (χ2n) is 7.60. The van der Waals surface area contributed by atoms with E-state index in [1.807, 2.05) is 4.90 Å². The van der Waals surface area contributed by atoms with Crippen LogP contribution in [0.4, 0.5) is 4.39 Å². The van der Waals surface area contributed by atoms with Gasteiger partial charge in [0.2, 0.25) is 11.8 Å². The number of likely N-dealkylation sites (N-methyl/N-ethyl adjacent to an activating group) is 1. The standard InChI is InChI=1S/C19H27FN4O2/c1-22(2)18(26)13-24-10-4-8-19(24)7-3-9-23(14-19)17(25)11-16-6-5-15(20)12-21-16/h5-6,12H,3-4,7-11,13-14H2,1-2H3. The fourth-order valence-corrected chi connectivity index (χ4v) is 4.11. The molecule has 6 nitrogen and oxygen atoms in total. The minimum absolute atomic E-state index is 0.0222. The molecular weight excluding hydrogens is 335 g/mol. The molecule has 0 aliphatic carbocycles. The van der Waals surface area contributed by atoms with Crippen molar-refractivity contribution in [1.29, 1.82) is 0 Å². The summed E-state index contributed by atoms with van der Waals surface area (Å²) in [4.78, 5) is 34.7. The lowest BCUT2D eigenvalue weighted by atomic mass is 9.86. The first-order valence-electron chi connectivity index (χ1n) is 9.23. The number of carbonyl (C=O) groups is 2.